The number of alkyl halides is 3. The number of anilines is 1. The molecule has 1 aromatic heterocycles. The lowest BCUT2D eigenvalue weighted by molar-refractivity contribution is -0.137. The van der Waals surface area contributed by atoms with Gasteiger partial charge in [0.2, 0.25) is 5.89 Å². The number of benzene rings is 2. The first kappa shape index (κ1) is 17.7. The Morgan fingerprint density at radius 1 is 1.04 bits per heavy atom. The first-order chi connectivity index (χ1) is 12.2. The molecule has 26 heavy (non-hydrogen) atoms. The Labute approximate surface area is 147 Å². The van der Waals surface area contributed by atoms with Gasteiger partial charge in [-0.15, -0.1) is 0 Å². The number of amides is 1. The maximum absolute atomic E-state index is 12.6. The van der Waals surface area contributed by atoms with Crippen molar-refractivity contribution >= 4 is 11.6 Å². The summed E-state index contributed by atoms with van der Waals surface area (Å²) in [7, 11) is 0. The van der Waals surface area contributed by atoms with Crippen LogP contribution < -0.4 is 5.32 Å². The van der Waals surface area contributed by atoms with Crippen molar-refractivity contribution in [1.29, 1.82) is 0 Å². The number of carbonyl (C=O) groups excluding carboxylic acids is 1. The Morgan fingerprint density at radius 3 is 2.23 bits per heavy atom. The van der Waals surface area contributed by atoms with Gasteiger partial charge in [0, 0.05) is 11.3 Å². The van der Waals surface area contributed by atoms with Crippen molar-refractivity contribution in [2.45, 2.75) is 20.0 Å². The fourth-order valence-corrected chi connectivity index (χ4v) is 2.55. The van der Waals surface area contributed by atoms with Crippen molar-refractivity contribution in [3.63, 3.8) is 0 Å². The highest BCUT2D eigenvalue weighted by molar-refractivity contribution is 6.03. The van der Waals surface area contributed by atoms with E-state index in [1.165, 1.54) is 18.4 Å². The van der Waals surface area contributed by atoms with E-state index in [9.17, 15) is 18.0 Å². The zero-order chi connectivity index (χ0) is 18.9. The smallest absolute Gasteiger partial charge is 0.416 e. The van der Waals surface area contributed by atoms with E-state index < -0.39 is 17.6 Å². The van der Waals surface area contributed by atoms with Gasteiger partial charge in [-0.25, -0.2) is 4.98 Å². The summed E-state index contributed by atoms with van der Waals surface area (Å²) in [6, 6.07) is 10.0. The lowest BCUT2D eigenvalue weighted by atomic mass is 10.1. The van der Waals surface area contributed by atoms with E-state index in [1.54, 1.807) is 0 Å². The molecule has 0 saturated heterocycles. The van der Waals surface area contributed by atoms with Crippen LogP contribution in [-0.4, -0.2) is 10.9 Å². The van der Waals surface area contributed by atoms with Gasteiger partial charge in [0.15, 0.2) is 5.69 Å². The van der Waals surface area contributed by atoms with Crippen molar-refractivity contribution in [1.82, 2.24) is 4.98 Å². The Balaban J connectivity index is 1.77. The van der Waals surface area contributed by atoms with Crippen LogP contribution in [0.4, 0.5) is 18.9 Å². The van der Waals surface area contributed by atoms with E-state index in [-0.39, 0.29) is 11.6 Å². The molecule has 3 aromatic rings. The molecular formula is C19H15F3N2O2. The second-order valence-corrected chi connectivity index (χ2v) is 5.94. The lowest BCUT2D eigenvalue weighted by Crippen LogP contribution is -2.12. The average Bonchev–Trinajstić information content (AvgIpc) is 3.03. The molecule has 0 atom stereocenters. The zero-order valence-corrected chi connectivity index (χ0v) is 14.0. The monoisotopic (exact) mass is 360 g/mol. The fraction of sp³-hybridized carbons (Fsp3) is 0.158. The van der Waals surface area contributed by atoms with Crippen LogP contribution in [0.2, 0.25) is 0 Å². The van der Waals surface area contributed by atoms with Crippen LogP contribution in [0.15, 0.2) is 53.1 Å². The summed E-state index contributed by atoms with van der Waals surface area (Å²) in [5.74, 6) is -0.388. The lowest BCUT2D eigenvalue weighted by Gasteiger charge is -2.06. The van der Waals surface area contributed by atoms with Gasteiger partial charge >= 0.3 is 6.18 Å². The molecule has 134 valence electrons. The number of halogens is 3. The third-order valence-electron chi connectivity index (χ3n) is 3.68. The van der Waals surface area contributed by atoms with Gasteiger partial charge in [0.05, 0.1) is 5.56 Å². The number of nitrogens with zero attached hydrogens (tertiary/aromatic N) is 1. The first-order valence-electron chi connectivity index (χ1n) is 7.75. The number of hydrogen-bond donors (Lipinski definition) is 1. The predicted molar refractivity (Wildman–Crippen MR) is 90.8 cm³/mol. The molecule has 0 spiro atoms. The number of hydrogen-bond acceptors (Lipinski definition) is 3. The van der Waals surface area contributed by atoms with Crippen LogP contribution in [-0.2, 0) is 6.18 Å². The predicted octanol–water partition coefficient (Wildman–Crippen LogP) is 5.23. The van der Waals surface area contributed by atoms with Crippen molar-refractivity contribution in [3.8, 4) is 11.5 Å². The average molecular weight is 360 g/mol. The topological polar surface area (TPSA) is 55.1 Å². The van der Waals surface area contributed by atoms with Gasteiger partial charge in [-0.05, 0) is 61.4 Å². The van der Waals surface area contributed by atoms with Crippen LogP contribution in [0, 0.1) is 13.8 Å². The fourth-order valence-electron chi connectivity index (χ4n) is 2.55. The van der Waals surface area contributed by atoms with Crippen LogP contribution in [0.1, 0.15) is 27.2 Å². The van der Waals surface area contributed by atoms with Gasteiger partial charge in [0.25, 0.3) is 5.91 Å². The van der Waals surface area contributed by atoms with Gasteiger partial charge in [-0.3, -0.25) is 4.79 Å². The minimum Gasteiger partial charge on any atom is -0.444 e. The Morgan fingerprint density at radius 2 is 1.65 bits per heavy atom. The maximum Gasteiger partial charge on any atom is 0.416 e. The number of aryl methyl sites for hydroxylation is 2. The highest BCUT2D eigenvalue weighted by Gasteiger charge is 2.30. The first-order valence-corrected chi connectivity index (χ1v) is 7.75. The molecule has 1 amide bonds. The summed E-state index contributed by atoms with van der Waals surface area (Å²) in [5.41, 5.74) is 2.27. The molecule has 1 N–H and O–H groups in total. The molecule has 3 rings (SSSR count). The second kappa shape index (κ2) is 6.67. The largest absolute Gasteiger partial charge is 0.444 e. The molecule has 0 aliphatic rings. The van der Waals surface area contributed by atoms with E-state index in [1.807, 2.05) is 32.0 Å². The second-order valence-electron chi connectivity index (χ2n) is 5.94. The highest BCUT2D eigenvalue weighted by atomic mass is 19.4. The molecule has 0 aliphatic carbocycles. The van der Waals surface area contributed by atoms with Crippen molar-refractivity contribution < 1.29 is 22.4 Å². The van der Waals surface area contributed by atoms with Crippen LogP contribution in [0.5, 0.6) is 0 Å². The van der Waals surface area contributed by atoms with Crippen molar-refractivity contribution in [2.24, 2.45) is 0 Å². The molecule has 0 radical (unpaired) electrons. The van der Waals surface area contributed by atoms with Gasteiger partial charge < -0.3 is 9.73 Å². The van der Waals surface area contributed by atoms with Crippen LogP contribution in [0.25, 0.3) is 11.5 Å². The van der Waals surface area contributed by atoms with E-state index in [0.717, 1.165) is 23.3 Å². The third kappa shape index (κ3) is 3.93. The summed E-state index contributed by atoms with van der Waals surface area (Å²) in [5, 5.41) is 2.72. The molecular weight excluding hydrogens is 345 g/mol. The molecule has 0 fully saturated rings. The molecule has 1 heterocycles. The number of carbonyl (C=O) groups is 1. The quantitative estimate of drug-likeness (QED) is 0.696. The van der Waals surface area contributed by atoms with Crippen LogP contribution >= 0.6 is 0 Å². The Kier molecular flexibility index (Phi) is 4.54. The van der Waals surface area contributed by atoms with E-state index in [0.29, 0.717) is 11.3 Å². The molecule has 0 bridgehead atoms. The zero-order valence-electron chi connectivity index (χ0n) is 14.0. The van der Waals surface area contributed by atoms with Crippen molar-refractivity contribution in [3.05, 3.63) is 71.1 Å². The normalized spacial score (nSPS) is 11.4. The van der Waals surface area contributed by atoms with E-state index >= 15 is 0 Å². The summed E-state index contributed by atoms with van der Waals surface area (Å²) < 4.78 is 43.0. The van der Waals surface area contributed by atoms with E-state index in [4.69, 9.17) is 4.42 Å². The molecule has 0 saturated carbocycles. The van der Waals surface area contributed by atoms with E-state index in [2.05, 4.69) is 10.3 Å². The van der Waals surface area contributed by atoms with Crippen molar-refractivity contribution in [2.75, 3.05) is 5.32 Å². The third-order valence-corrected chi connectivity index (χ3v) is 3.68. The summed E-state index contributed by atoms with van der Waals surface area (Å²) in [6.45, 7) is 3.84. The molecule has 0 aliphatic heterocycles. The summed E-state index contributed by atoms with van der Waals surface area (Å²) >= 11 is 0. The highest BCUT2D eigenvalue weighted by Crippen LogP contribution is 2.30. The Hall–Kier alpha value is -3.09. The van der Waals surface area contributed by atoms with Crippen LogP contribution in [0.3, 0.4) is 0 Å². The molecule has 0 unspecified atom stereocenters. The summed E-state index contributed by atoms with van der Waals surface area (Å²) in [4.78, 5) is 16.3. The number of aromatic nitrogens is 1. The van der Waals surface area contributed by atoms with Gasteiger partial charge in [0.1, 0.15) is 6.26 Å². The minimum absolute atomic E-state index is 0.0408. The molecule has 7 heteroatoms. The number of nitrogens with one attached hydrogen (secondary N) is 1. The maximum atomic E-state index is 12.6. The number of rotatable bonds is 3. The minimum atomic E-state index is -4.41. The standard InChI is InChI=1S/C19H15F3N2O2/c1-11-7-12(2)9-15(8-11)23-17(25)16-10-26-18(24-16)13-3-5-14(6-4-13)19(20,21)22/h3-10H,1-2H3,(H,23,25). The molecule has 2 aromatic carbocycles. The SMILES string of the molecule is Cc1cc(C)cc(NC(=O)c2coc(-c3ccc(C(F)(F)F)cc3)n2)c1. The summed E-state index contributed by atoms with van der Waals surface area (Å²) in [6.07, 6.45) is -3.24. The van der Waals surface area contributed by atoms with Gasteiger partial charge in [-0.1, -0.05) is 6.07 Å². The van der Waals surface area contributed by atoms with Gasteiger partial charge in [-0.2, -0.15) is 13.2 Å². The molecule has 4 nitrogen and oxygen atoms in total. The number of oxazole rings is 1. The Bertz CT molecular complexity index is 924.